The summed E-state index contributed by atoms with van der Waals surface area (Å²) in [5, 5.41) is 11.7. The highest BCUT2D eigenvalue weighted by molar-refractivity contribution is 5.75. The summed E-state index contributed by atoms with van der Waals surface area (Å²) < 4.78 is 0. The molecule has 0 aromatic heterocycles. The summed E-state index contributed by atoms with van der Waals surface area (Å²) in [7, 11) is 2.12. The summed E-state index contributed by atoms with van der Waals surface area (Å²) in [5.41, 5.74) is 0. The van der Waals surface area contributed by atoms with Gasteiger partial charge in [0.05, 0.1) is 0 Å². The second kappa shape index (κ2) is 17.5. The molecule has 4 heteroatoms. The molecule has 0 unspecified atom stereocenters. The molecule has 136 valence electrons. The molecule has 0 fully saturated rings. The van der Waals surface area contributed by atoms with Gasteiger partial charge in [0.25, 0.3) is 0 Å². The standard InChI is InChI=1S/C19H38N2O2/c1-3-4-5-11-14-19(23)20-15-17-21(2)16-12-9-7-6-8-10-13-18-22/h3-4,22H,5-18H2,1-2H3,(H,20,23)/b4-3+. The van der Waals surface area contributed by atoms with Crippen LogP contribution in [0.25, 0.3) is 0 Å². The summed E-state index contributed by atoms with van der Waals surface area (Å²) in [6.07, 6.45) is 15.1. The largest absolute Gasteiger partial charge is 0.396 e. The zero-order valence-electron chi connectivity index (χ0n) is 15.4. The maximum absolute atomic E-state index is 11.6. The molecule has 0 saturated carbocycles. The molecule has 0 atom stereocenters. The van der Waals surface area contributed by atoms with Crippen molar-refractivity contribution in [3.63, 3.8) is 0 Å². The summed E-state index contributed by atoms with van der Waals surface area (Å²) in [6, 6.07) is 0. The molecule has 1 amide bonds. The van der Waals surface area contributed by atoms with E-state index in [-0.39, 0.29) is 5.91 Å². The van der Waals surface area contributed by atoms with Crippen LogP contribution in [0.15, 0.2) is 12.2 Å². The van der Waals surface area contributed by atoms with Crippen LogP contribution < -0.4 is 5.32 Å². The molecule has 0 bridgehead atoms. The Balaban J connectivity index is 3.33. The van der Waals surface area contributed by atoms with Crippen molar-refractivity contribution in [1.29, 1.82) is 0 Å². The predicted octanol–water partition coefficient (Wildman–Crippen LogP) is 3.50. The minimum Gasteiger partial charge on any atom is -0.396 e. The van der Waals surface area contributed by atoms with Crippen LogP contribution in [-0.2, 0) is 4.79 Å². The van der Waals surface area contributed by atoms with Crippen LogP contribution in [0.4, 0.5) is 0 Å². The normalized spacial score (nSPS) is 11.5. The molecule has 0 aliphatic rings. The Morgan fingerprint density at radius 3 is 2.30 bits per heavy atom. The van der Waals surface area contributed by atoms with Gasteiger partial charge >= 0.3 is 0 Å². The van der Waals surface area contributed by atoms with Crippen LogP contribution in [0.1, 0.15) is 71.1 Å². The van der Waals surface area contributed by atoms with E-state index in [0.29, 0.717) is 13.0 Å². The highest BCUT2D eigenvalue weighted by atomic mass is 16.2. The number of nitrogens with one attached hydrogen (secondary N) is 1. The first-order valence-corrected chi connectivity index (χ1v) is 9.38. The number of aliphatic hydroxyl groups excluding tert-OH is 1. The summed E-state index contributed by atoms with van der Waals surface area (Å²) in [5.74, 6) is 0.172. The van der Waals surface area contributed by atoms with Crippen molar-refractivity contribution in [3.8, 4) is 0 Å². The number of likely N-dealkylation sites (N-methyl/N-ethyl adjacent to an activating group) is 1. The molecule has 4 nitrogen and oxygen atoms in total. The first-order valence-electron chi connectivity index (χ1n) is 9.38. The van der Waals surface area contributed by atoms with Gasteiger partial charge in [-0.2, -0.15) is 0 Å². The molecule has 0 saturated heterocycles. The molecule has 23 heavy (non-hydrogen) atoms. The smallest absolute Gasteiger partial charge is 0.220 e. The molecule has 0 heterocycles. The molecule has 0 aliphatic heterocycles. The fraction of sp³-hybridized carbons (Fsp3) is 0.842. The van der Waals surface area contributed by atoms with E-state index in [2.05, 4.69) is 23.3 Å². The van der Waals surface area contributed by atoms with E-state index in [9.17, 15) is 4.79 Å². The number of carbonyl (C=O) groups excluding carboxylic acids is 1. The Labute approximate surface area is 143 Å². The second-order valence-corrected chi connectivity index (χ2v) is 6.31. The minimum atomic E-state index is 0.172. The lowest BCUT2D eigenvalue weighted by molar-refractivity contribution is -0.121. The monoisotopic (exact) mass is 326 g/mol. The molecular weight excluding hydrogens is 288 g/mol. The number of amides is 1. The number of nitrogens with zero attached hydrogens (tertiary/aromatic N) is 1. The number of hydrogen-bond acceptors (Lipinski definition) is 3. The lowest BCUT2D eigenvalue weighted by Crippen LogP contribution is -2.33. The van der Waals surface area contributed by atoms with Gasteiger partial charge in [-0.1, -0.05) is 44.3 Å². The van der Waals surface area contributed by atoms with Crippen LogP contribution in [0.5, 0.6) is 0 Å². The van der Waals surface area contributed by atoms with Crippen molar-refractivity contribution in [2.24, 2.45) is 0 Å². The average molecular weight is 327 g/mol. The maximum atomic E-state index is 11.6. The van der Waals surface area contributed by atoms with Gasteiger partial charge in [0.2, 0.25) is 5.91 Å². The highest BCUT2D eigenvalue weighted by Gasteiger charge is 2.02. The van der Waals surface area contributed by atoms with Crippen LogP contribution in [-0.4, -0.2) is 49.2 Å². The zero-order valence-corrected chi connectivity index (χ0v) is 15.4. The van der Waals surface area contributed by atoms with Crippen molar-refractivity contribution in [2.45, 2.75) is 71.1 Å². The molecule has 0 rings (SSSR count). The zero-order chi connectivity index (χ0) is 17.2. The van der Waals surface area contributed by atoms with Crippen LogP contribution >= 0.6 is 0 Å². The summed E-state index contributed by atoms with van der Waals surface area (Å²) >= 11 is 0. The Bertz CT molecular complexity index is 293. The van der Waals surface area contributed by atoms with E-state index in [1.54, 1.807) is 0 Å². The Morgan fingerprint density at radius 2 is 1.65 bits per heavy atom. The first-order chi connectivity index (χ1) is 11.2. The number of unbranched alkanes of at least 4 members (excludes halogenated alkanes) is 7. The fourth-order valence-corrected chi connectivity index (χ4v) is 2.51. The molecule has 2 N–H and O–H groups in total. The molecule has 0 spiro atoms. The van der Waals surface area contributed by atoms with E-state index in [4.69, 9.17) is 5.11 Å². The van der Waals surface area contributed by atoms with E-state index >= 15 is 0 Å². The third kappa shape index (κ3) is 17.3. The van der Waals surface area contributed by atoms with Crippen LogP contribution in [0, 0.1) is 0 Å². The second-order valence-electron chi connectivity index (χ2n) is 6.31. The number of carbonyl (C=O) groups is 1. The van der Waals surface area contributed by atoms with Gasteiger partial charge in [-0.25, -0.2) is 0 Å². The molecule has 0 aliphatic carbocycles. The summed E-state index contributed by atoms with van der Waals surface area (Å²) in [6.45, 7) is 5.12. The van der Waals surface area contributed by atoms with Crippen molar-refractivity contribution in [2.75, 3.05) is 33.3 Å². The van der Waals surface area contributed by atoms with Crippen LogP contribution in [0.2, 0.25) is 0 Å². The molecule has 0 aromatic carbocycles. The predicted molar refractivity (Wildman–Crippen MR) is 98.6 cm³/mol. The van der Waals surface area contributed by atoms with Crippen LogP contribution in [0.3, 0.4) is 0 Å². The average Bonchev–Trinajstić information content (AvgIpc) is 2.54. The van der Waals surface area contributed by atoms with Gasteiger partial charge in [0.1, 0.15) is 0 Å². The lowest BCUT2D eigenvalue weighted by Gasteiger charge is -2.16. The highest BCUT2D eigenvalue weighted by Crippen LogP contribution is 2.07. The Morgan fingerprint density at radius 1 is 1.00 bits per heavy atom. The van der Waals surface area contributed by atoms with Gasteiger partial charge in [-0.15, -0.1) is 0 Å². The van der Waals surface area contributed by atoms with Crippen molar-refractivity contribution in [1.82, 2.24) is 10.2 Å². The third-order valence-corrected chi connectivity index (χ3v) is 4.02. The van der Waals surface area contributed by atoms with E-state index < -0.39 is 0 Å². The number of allylic oxidation sites excluding steroid dienone is 2. The summed E-state index contributed by atoms with van der Waals surface area (Å²) in [4.78, 5) is 13.9. The Kier molecular flexibility index (Phi) is 16.8. The van der Waals surface area contributed by atoms with Crippen molar-refractivity contribution >= 4 is 5.91 Å². The van der Waals surface area contributed by atoms with Crippen molar-refractivity contribution in [3.05, 3.63) is 12.2 Å². The number of rotatable bonds is 16. The van der Waals surface area contributed by atoms with Gasteiger partial charge in [-0.05, 0) is 46.2 Å². The van der Waals surface area contributed by atoms with Gasteiger partial charge in [0.15, 0.2) is 0 Å². The minimum absolute atomic E-state index is 0.172. The maximum Gasteiger partial charge on any atom is 0.220 e. The van der Waals surface area contributed by atoms with Gasteiger partial charge < -0.3 is 15.3 Å². The van der Waals surface area contributed by atoms with E-state index in [1.165, 1.54) is 32.1 Å². The number of hydrogen-bond donors (Lipinski definition) is 2. The molecular formula is C19H38N2O2. The molecule has 0 aromatic rings. The fourth-order valence-electron chi connectivity index (χ4n) is 2.51. The van der Waals surface area contributed by atoms with E-state index in [0.717, 1.165) is 45.3 Å². The third-order valence-electron chi connectivity index (χ3n) is 4.02. The number of aliphatic hydroxyl groups is 1. The molecule has 0 radical (unpaired) electrons. The van der Waals surface area contributed by atoms with E-state index in [1.807, 2.05) is 13.0 Å². The Hall–Kier alpha value is -0.870. The quantitative estimate of drug-likeness (QED) is 0.337. The van der Waals surface area contributed by atoms with Crippen molar-refractivity contribution < 1.29 is 9.90 Å². The topological polar surface area (TPSA) is 52.6 Å². The SMILES string of the molecule is C/C=C/CCCC(=O)NCCN(C)CCCCCCCCCO. The first kappa shape index (κ1) is 22.1. The van der Waals surface area contributed by atoms with Gasteiger partial charge in [0, 0.05) is 26.1 Å². The van der Waals surface area contributed by atoms with Gasteiger partial charge in [-0.3, -0.25) is 4.79 Å². The lowest BCUT2D eigenvalue weighted by atomic mass is 10.1.